The molecule has 2 heteroatoms. The first kappa shape index (κ1) is 9.92. The molecule has 0 heterocycles. The molecular formula is C8H18OSi. The summed E-state index contributed by atoms with van der Waals surface area (Å²) in [5, 5.41) is 8.91. The average molecular weight is 158 g/mol. The van der Waals surface area contributed by atoms with Crippen LogP contribution in [0.4, 0.5) is 0 Å². The van der Waals surface area contributed by atoms with Crippen LogP contribution < -0.4 is 0 Å². The molecule has 0 radical (unpaired) electrons. The average Bonchev–Trinajstić information content (AvgIpc) is 1.59. The molecule has 1 N–H and O–H groups in total. The maximum atomic E-state index is 8.91. The van der Waals surface area contributed by atoms with Crippen LogP contribution in [0.2, 0.25) is 19.6 Å². The van der Waals surface area contributed by atoms with Gasteiger partial charge in [0.2, 0.25) is 0 Å². The summed E-state index contributed by atoms with van der Waals surface area (Å²) in [6.07, 6.45) is 2.70. The monoisotopic (exact) mass is 158 g/mol. The Hall–Kier alpha value is -0.0831. The Kier molecular flexibility index (Phi) is 3.90. The minimum absolute atomic E-state index is 0.187. The first-order valence-electron chi connectivity index (χ1n) is 3.77. The van der Waals surface area contributed by atoms with Gasteiger partial charge in [-0.05, 0) is 13.3 Å². The molecular weight excluding hydrogens is 140 g/mol. The minimum Gasteiger partial charge on any atom is -0.393 e. The topological polar surface area (TPSA) is 20.2 Å². The lowest BCUT2D eigenvalue weighted by molar-refractivity contribution is 0.198. The third kappa shape index (κ3) is 7.92. The lowest BCUT2D eigenvalue weighted by atomic mass is 10.3. The molecule has 0 bridgehead atoms. The van der Waals surface area contributed by atoms with E-state index < -0.39 is 8.07 Å². The van der Waals surface area contributed by atoms with Crippen LogP contribution in [0, 0.1) is 0 Å². The second-order valence-electron chi connectivity index (χ2n) is 3.85. The van der Waals surface area contributed by atoms with Crippen LogP contribution in [0.1, 0.15) is 13.3 Å². The Labute approximate surface area is 64.8 Å². The van der Waals surface area contributed by atoms with E-state index >= 15 is 0 Å². The van der Waals surface area contributed by atoms with Crippen molar-refractivity contribution in [3.63, 3.8) is 0 Å². The zero-order valence-corrected chi connectivity index (χ0v) is 8.39. The standard InChI is InChI=1S/C8H18OSi/c1-8(9)6-5-7-10(2,3)4/h5,7-9H,6H2,1-4H3/b7-5-. The van der Waals surface area contributed by atoms with Gasteiger partial charge in [-0.1, -0.05) is 31.4 Å². The van der Waals surface area contributed by atoms with Crippen molar-refractivity contribution in [2.75, 3.05) is 0 Å². The molecule has 0 spiro atoms. The van der Waals surface area contributed by atoms with Gasteiger partial charge in [-0.3, -0.25) is 0 Å². The largest absolute Gasteiger partial charge is 0.393 e. The fraction of sp³-hybridized carbons (Fsp3) is 0.750. The predicted octanol–water partition coefficient (Wildman–Crippen LogP) is 2.19. The van der Waals surface area contributed by atoms with Crippen molar-refractivity contribution in [3.05, 3.63) is 11.8 Å². The van der Waals surface area contributed by atoms with Gasteiger partial charge in [-0.25, -0.2) is 0 Å². The summed E-state index contributed by atoms with van der Waals surface area (Å²) in [4.78, 5) is 0. The summed E-state index contributed by atoms with van der Waals surface area (Å²) in [5.74, 6) is 0. The van der Waals surface area contributed by atoms with Gasteiger partial charge in [-0.15, -0.1) is 0 Å². The zero-order chi connectivity index (χ0) is 8.20. The Morgan fingerprint density at radius 3 is 2.20 bits per heavy atom. The highest BCUT2D eigenvalue weighted by Gasteiger charge is 2.06. The third-order valence-corrected chi connectivity index (χ3v) is 2.33. The van der Waals surface area contributed by atoms with Crippen LogP contribution in [0.3, 0.4) is 0 Å². The molecule has 60 valence electrons. The van der Waals surface area contributed by atoms with Crippen molar-refractivity contribution < 1.29 is 5.11 Å². The van der Waals surface area contributed by atoms with Gasteiger partial charge in [0.05, 0.1) is 14.2 Å². The fourth-order valence-corrected chi connectivity index (χ4v) is 1.46. The maximum Gasteiger partial charge on any atom is 0.0682 e. The van der Waals surface area contributed by atoms with E-state index in [1.54, 1.807) is 0 Å². The minimum atomic E-state index is -1.02. The molecule has 1 atom stereocenters. The highest BCUT2D eigenvalue weighted by atomic mass is 28.3. The molecule has 0 aliphatic heterocycles. The summed E-state index contributed by atoms with van der Waals surface area (Å²) in [7, 11) is -1.02. The molecule has 0 fully saturated rings. The van der Waals surface area contributed by atoms with E-state index in [0.29, 0.717) is 0 Å². The van der Waals surface area contributed by atoms with Gasteiger partial charge in [0, 0.05) is 0 Å². The van der Waals surface area contributed by atoms with Crippen LogP contribution >= 0.6 is 0 Å². The van der Waals surface area contributed by atoms with E-state index in [4.69, 9.17) is 5.11 Å². The van der Waals surface area contributed by atoms with E-state index in [2.05, 4.69) is 31.4 Å². The molecule has 0 aliphatic rings. The van der Waals surface area contributed by atoms with Gasteiger partial charge in [0.25, 0.3) is 0 Å². The highest BCUT2D eigenvalue weighted by Crippen LogP contribution is 2.03. The van der Waals surface area contributed by atoms with Crippen molar-refractivity contribution in [3.8, 4) is 0 Å². The van der Waals surface area contributed by atoms with E-state index in [-0.39, 0.29) is 6.10 Å². The Morgan fingerprint density at radius 1 is 1.40 bits per heavy atom. The molecule has 1 unspecified atom stereocenters. The smallest absolute Gasteiger partial charge is 0.0682 e. The first-order valence-corrected chi connectivity index (χ1v) is 7.35. The van der Waals surface area contributed by atoms with Crippen molar-refractivity contribution in [2.45, 2.75) is 39.1 Å². The quantitative estimate of drug-likeness (QED) is 0.624. The Morgan fingerprint density at radius 2 is 1.90 bits per heavy atom. The zero-order valence-electron chi connectivity index (χ0n) is 7.39. The van der Waals surface area contributed by atoms with E-state index in [0.717, 1.165) is 6.42 Å². The molecule has 0 saturated heterocycles. The summed E-state index contributed by atoms with van der Waals surface area (Å²) in [6.45, 7) is 8.66. The van der Waals surface area contributed by atoms with Crippen molar-refractivity contribution in [1.82, 2.24) is 0 Å². The number of aliphatic hydroxyl groups is 1. The van der Waals surface area contributed by atoms with Crippen molar-refractivity contribution in [2.24, 2.45) is 0 Å². The fourth-order valence-electron chi connectivity index (χ4n) is 0.619. The molecule has 0 rings (SSSR count). The summed E-state index contributed by atoms with van der Waals surface area (Å²) < 4.78 is 0. The molecule has 0 amide bonds. The molecule has 1 nitrogen and oxygen atoms in total. The van der Waals surface area contributed by atoms with Crippen LogP contribution in [-0.2, 0) is 0 Å². The predicted molar refractivity (Wildman–Crippen MR) is 48.8 cm³/mol. The second kappa shape index (κ2) is 3.94. The van der Waals surface area contributed by atoms with Gasteiger partial charge in [0.15, 0.2) is 0 Å². The van der Waals surface area contributed by atoms with Gasteiger partial charge < -0.3 is 5.11 Å². The molecule has 10 heavy (non-hydrogen) atoms. The lowest BCUT2D eigenvalue weighted by Crippen LogP contribution is -2.15. The van der Waals surface area contributed by atoms with Crippen LogP contribution in [0.15, 0.2) is 11.8 Å². The Bertz CT molecular complexity index is 111. The highest BCUT2D eigenvalue weighted by molar-refractivity contribution is 6.80. The van der Waals surface area contributed by atoms with E-state index in [9.17, 15) is 0 Å². The van der Waals surface area contributed by atoms with E-state index in [1.807, 2.05) is 6.92 Å². The summed E-state index contributed by atoms with van der Waals surface area (Å²) >= 11 is 0. The van der Waals surface area contributed by atoms with Crippen molar-refractivity contribution in [1.29, 1.82) is 0 Å². The molecule has 0 saturated carbocycles. The molecule has 0 aliphatic carbocycles. The molecule has 0 aromatic carbocycles. The normalized spacial score (nSPS) is 16.1. The van der Waals surface area contributed by atoms with Crippen LogP contribution in [-0.4, -0.2) is 19.3 Å². The summed E-state index contributed by atoms with van der Waals surface area (Å²) in [6, 6.07) is 0. The molecule has 0 aromatic heterocycles. The third-order valence-electron chi connectivity index (χ3n) is 1.10. The number of aliphatic hydroxyl groups excluding tert-OH is 1. The molecule has 0 aromatic rings. The number of hydrogen-bond acceptors (Lipinski definition) is 1. The van der Waals surface area contributed by atoms with Gasteiger partial charge in [-0.2, -0.15) is 0 Å². The van der Waals surface area contributed by atoms with Gasteiger partial charge >= 0.3 is 0 Å². The van der Waals surface area contributed by atoms with E-state index in [1.165, 1.54) is 0 Å². The maximum absolute atomic E-state index is 8.91. The first-order chi connectivity index (χ1) is 4.42. The number of hydrogen-bond donors (Lipinski definition) is 1. The van der Waals surface area contributed by atoms with Crippen molar-refractivity contribution >= 4 is 8.07 Å². The second-order valence-corrected chi connectivity index (χ2v) is 8.92. The number of rotatable bonds is 3. The van der Waals surface area contributed by atoms with Gasteiger partial charge in [0.1, 0.15) is 0 Å². The Balaban J connectivity index is 3.57. The SMILES string of the molecule is CC(O)C/C=C\[Si](C)(C)C. The van der Waals surface area contributed by atoms with Crippen LogP contribution in [0.5, 0.6) is 0 Å². The lowest BCUT2D eigenvalue weighted by Gasteiger charge is -2.08. The van der Waals surface area contributed by atoms with Crippen LogP contribution in [0.25, 0.3) is 0 Å². The summed E-state index contributed by atoms with van der Waals surface area (Å²) in [5.41, 5.74) is 2.26.